The Morgan fingerprint density at radius 2 is 1.89 bits per heavy atom. The van der Waals surface area contributed by atoms with E-state index in [1.807, 2.05) is 17.1 Å². The number of hydrogen-bond donors (Lipinski definition) is 0. The molecule has 4 heterocycles. The monoisotopic (exact) mass is 411 g/mol. The summed E-state index contributed by atoms with van der Waals surface area (Å²) in [7, 11) is -3.25. The number of carbonyl (C=O) groups is 2. The molecule has 1 spiro atoms. The van der Waals surface area contributed by atoms with E-state index in [2.05, 4.69) is 20.8 Å². The van der Waals surface area contributed by atoms with Gasteiger partial charge in [0.15, 0.2) is 0 Å². The average molecular weight is 412 g/mol. The lowest BCUT2D eigenvalue weighted by molar-refractivity contribution is -0.144. The largest absolute Gasteiger partial charge is 0.360 e. The second kappa shape index (κ2) is 6.27. The maximum absolute atomic E-state index is 13.3. The standard InChI is InChI=1S/C19H29N3O5S/c1-18(2,3)11-21-12-19-6-5-13(27-19)14(15(19)17(21)24)16(23)20-7-9-22(10-8-20)28(4,25)26/h5-6,13-15H,7-12H2,1-4H3/t13-,14?,15?,19-/m0/s1. The Hall–Kier alpha value is -1.45. The molecule has 4 atom stereocenters. The van der Waals surface area contributed by atoms with Crippen molar-refractivity contribution in [3.8, 4) is 0 Å². The topological polar surface area (TPSA) is 87.2 Å². The highest BCUT2D eigenvalue weighted by Gasteiger charge is 2.67. The predicted octanol–water partition coefficient (Wildman–Crippen LogP) is -0.0817. The quantitative estimate of drug-likeness (QED) is 0.606. The molecule has 0 aromatic rings. The maximum atomic E-state index is 13.3. The smallest absolute Gasteiger partial charge is 0.230 e. The lowest BCUT2D eigenvalue weighted by atomic mass is 9.76. The van der Waals surface area contributed by atoms with Crippen LogP contribution in [-0.4, -0.2) is 91.6 Å². The number of carbonyl (C=O) groups excluding carboxylic acids is 2. The summed E-state index contributed by atoms with van der Waals surface area (Å²) in [5, 5.41) is 0. The first kappa shape index (κ1) is 19.8. The number of fused-ring (bicyclic) bond motifs is 1. The van der Waals surface area contributed by atoms with Crippen LogP contribution in [0.2, 0.25) is 0 Å². The minimum Gasteiger partial charge on any atom is -0.360 e. The summed E-state index contributed by atoms with van der Waals surface area (Å²) < 4.78 is 31.0. The van der Waals surface area contributed by atoms with Crippen molar-refractivity contribution in [3.05, 3.63) is 12.2 Å². The number of ether oxygens (including phenoxy) is 1. The molecular weight excluding hydrogens is 382 g/mol. The van der Waals surface area contributed by atoms with Crippen LogP contribution < -0.4 is 0 Å². The highest BCUT2D eigenvalue weighted by Crippen LogP contribution is 2.52. The van der Waals surface area contributed by atoms with Gasteiger partial charge in [-0.1, -0.05) is 32.9 Å². The predicted molar refractivity (Wildman–Crippen MR) is 103 cm³/mol. The molecule has 0 aromatic carbocycles. The summed E-state index contributed by atoms with van der Waals surface area (Å²) in [5.74, 6) is -1.10. The van der Waals surface area contributed by atoms with Gasteiger partial charge in [0.1, 0.15) is 5.60 Å². The molecule has 156 valence electrons. The minimum absolute atomic E-state index is 0.00473. The fourth-order valence-electron chi connectivity index (χ4n) is 5.02. The zero-order valence-corrected chi connectivity index (χ0v) is 17.7. The fraction of sp³-hybridized carbons (Fsp3) is 0.789. The fourth-order valence-corrected chi connectivity index (χ4v) is 5.84. The van der Waals surface area contributed by atoms with E-state index in [0.29, 0.717) is 39.3 Å². The second-order valence-corrected chi connectivity index (χ2v) is 11.6. The van der Waals surface area contributed by atoms with E-state index in [-0.39, 0.29) is 23.3 Å². The number of piperazine rings is 1. The molecule has 0 saturated carbocycles. The van der Waals surface area contributed by atoms with Crippen LogP contribution in [0.15, 0.2) is 12.2 Å². The average Bonchev–Trinajstić information content (AvgIpc) is 3.21. The van der Waals surface area contributed by atoms with Crippen LogP contribution in [0.3, 0.4) is 0 Å². The molecule has 3 fully saturated rings. The zero-order valence-electron chi connectivity index (χ0n) is 16.9. The lowest BCUT2D eigenvalue weighted by Crippen LogP contribution is -2.54. The first-order chi connectivity index (χ1) is 12.9. The van der Waals surface area contributed by atoms with Crippen molar-refractivity contribution in [2.45, 2.75) is 32.5 Å². The van der Waals surface area contributed by atoms with Crippen LogP contribution >= 0.6 is 0 Å². The second-order valence-electron chi connectivity index (χ2n) is 9.64. The van der Waals surface area contributed by atoms with Gasteiger partial charge in [0.25, 0.3) is 0 Å². The van der Waals surface area contributed by atoms with Gasteiger partial charge in [-0.15, -0.1) is 0 Å². The molecule has 0 radical (unpaired) electrons. The van der Waals surface area contributed by atoms with Gasteiger partial charge in [0.05, 0.1) is 30.7 Å². The van der Waals surface area contributed by atoms with E-state index in [4.69, 9.17) is 4.74 Å². The summed E-state index contributed by atoms with van der Waals surface area (Å²) in [4.78, 5) is 30.0. The molecule has 8 nitrogen and oxygen atoms in total. The summed E-state index contributed by atoms with van der Waals surface area (Å²) >= 11 is 0. The van der Waals surface area contributed by atoms with Gasteiger partial charge in [0.2, 0.25) is 21.8 Å². The van der Waals surface area contributed by atoms with Crippen molar-refractivity contribution in [1.82, 2.24) is 14.1 Å². The van der Waals surface area contributed by atoms with Gasteiger partial charge in [0, 0.05) is 32.7 Å². The molecule has 2 bridgehead atoms. The molecule has 2 unspecified atom stereocenters. The van der Waals surface area contributed by atoms with E-state index in [0.717, 1.165) is 0 Å². The van der Waals surface area contributed by atoms with Crippen LogP contribution in [0.4, 0.5) is 0 Å². The van der Waals surface area contributed by atoms with Gasteiger partial charge < -0.3 is 14.5 Å². The van der Waals surface area contributed by atoms with Crippen LogP contribution in [0, 0.1) is 17.3 Å². The first-order valence-electron chi connectivity index (χ1n) is 9.81. The molecule has 2 amide bonds. The molecule has 9 heteroatoms. The van der Waals surface area contributed by atoms with Gasteiger partial charge >= 0.3 is 0 Å². The van der Waals surface area contributed by atoms with E-state index < -0.39 is 27.5 Å². The van der Waals surface area contributed by atoms with E-state index in [1.165, 1.54) is 10.6 Å². The molecule has 4 aliphatic rings. The Morgan fingerprint density at radius 3 is 2.46 bits per heavy atom. The third kappa shape index (κ3) is 3.17. The van der Waals surface area contributed by atoms with Crippen molar-refractivity contribution in [3.63, 3.8) is 0 Å². The van der Waals surface area contributed by atoms with E-state index >= 15 is 0 Å². The summed E-state index contributed by atoms with van der Waals surface area (Å²) in [6.07, 6.45) is 4.70. The van der Waals surface area contributed by atoms with Crippen molar-refractivity contribution in [2.75, 3.05) is 45.5 Å². The number of amides is 2. The van der Waals surface area contributed by atoms with Crippen LogP contribution in [0.1, 0.15) is 20.8 Å². The Bertz CT molecular complexity index is 825. The van der Waals surface area contributed by atoms with Crippen LogP contribution in [0.5, 0.6) is 0 Å². The zero-order chi connectivity index (χ0) is 20.5. The normalized spacial score (nSPS) is 35.7. The van der Waals surface area contributed by atoms with Crippen molar-refractivity contribution < 1.29 is 22.7 Å². The molecular formula is C19H29N3O5S. The Morgan fingerprint density at radius 1 is 1.25 bits per heavy atom. The summed E-state index contributed by atoms with van der Waals surface area (Å²) in [6.45, 7) is 8.65. The van der Waals surface area contributed by atoms with E-state index in [9.17, 15) is 18.0 Å². The lowest BCUT2D eigenvalue weighted by Gasteiger charge is -2.36. The minimum atomic E-state index is -3.25. The van der Waals surface area contributed by atoms with E-state index in [1.54, 1.807) is 4.90 Å². The SMILES string of the molecule is CC(C)(C)CN1C[C@]23C=C[C@H](O2)C(C(=O)N2CCN(S(C)(=O)=O)CC2)C3C1=O. The molecule has 4 rings (SSSR count). The highest BCUT2D eigenvalue weighted by molar-refractivity contribution is 7.88. The number of sulfonamides is 1. The third-order valence-corrected chi connectivity index (χ3v) is 7.45. The summed E-state index contributed by atoms with van der Waals surface area (Å²) in [5.41, 5.74) is -0.726. The molecule has 0 aromatic heterocycles. The Kier molecular flexibility index (Phi) is 4.45. The van der Waals surface area contributed by atoms with Crippen LogP contribution in [-0.2, 0) is 24.3 Å². The summed E-state index contributed by atoms with van der Waals surface area (Å²) in [6, 6.07) is 0. The molecule has 0 N–H and O–H groups in total. The van der Waals surface area contributed by atoms with Gasteiger partial charge in [-0.25, -0.2) is 8.42 Å². The van der Waals surface area contributed by atoms with Crippen LogP contribution in [0.25, 0.3) is 0 Å². The number of nitrogens with zero attached hydrogens (tertiary/aromatic N) is 3. The Labute approximate surface area is 166 Å². The Balaban J connectivity index is 1.51. The van der Waals surface area contributed by atoms with Gasteiger partial charge in [-0.3, -0.25) is 9.59 Å². The third-order valence-electron chi connectivity index (χ3n) is 6.15. The maximum Gasteiger partial charge on any atom is 0.230 e. The highest BCUT2D eigenvalue weighted by atomic mass is 32.2. The van der Waals surface area contributed by atoms with Crippen molar-refractivity contribution in [1.29, 1.82) is 0 Å². The molecule has 28 heavy (non-hydrogen) atoms. The van der Waals surface area contributed by atoms with Crippen molar-refractivity contribution in [2.24, 2.45) is 17.3 Å². The molecule has 4 aliphatic heterocycles. The van der Waals surface area contributed by atoms with Crippen molar-refractivity contribution >= 4 is 21.8 Å². The molecule has 3 saturated heterocycles. The van der Waals surface area contributed by atoms with Gasteiger partial charge in [-0.2, -0.15) is 4.31 Å². The number of likely N-dealkylation sites (tertiary alicyclic amines) is 1. The number of hydrogen-bond acceptors (Lipinski definition) is 5. The number of rotatable bonds is 3. The van der Waals surface area contributed by atoms with Gasteiger partial charge in [-0.05, 0) is 5.41 Å². The first-order valence-corrected chi connectivity index (χ1v) is 11.7. The molecule has 0 aliphatic carbocycles.